The zero-order chi connectivity index (χ0) is 22.9. The molecule has 174 valence electrons. The van der Waals surface area contributed by atoms with Crippen molar-refractivity contribution in [2.45, 2.75) is 37.6 Å². The molecule has 4 N–H and O–H groups in total. The Bertz CT molecular complexity index is 1150. The summed E-state index contributed by atoms with van der Waals surface area (Å²) in [6, 6.07) is 7.80. The Morgan fingerprint density at radius 2 is 1.91 bits per heavy atom. The van der Waals surface area contributed by atoms with E-state index in [1.54, 1.807) is 18.2 Å². The summed E-state index contributed by atoms with van der Waals surface area (Å²) in [4.78, 5) is 25.2. The minimum Gasteiger partial charge on any atom is -0.398 e. The highest BCUT2D eigenvalue weighted by molar-refractivity contribution is 6.31. The van der Waals surface area contributed by atoms with Gasteiger partial charge in [-0.15, -0.1) is 0 Å². The molecule has 8 heteroatoms. The number of piperidine rings is 2. The van der Waals surface area contributed by atoms with Gasteiger partial charge in [-0.3, -0.25) is 4.79 Å². The Morgan fingerprint density at radius 1 is 1.15 bits per heavy atom. The molecule has 3 aromatic rings. The minimum absolute atomic E-state index is 0.0205. The fourth-order valence-corrected chi connectivity index (χ4v) is 5.30. The molecule has 2 fully saturated rings. The molecule has 2 aliphatic heterocycles. The van der Waals surface area contributed by atoms with E-state index in [2.05, 4.69) is 39.5 Å². The van der Waals surface area contributed by atoms with E-state index >= 15 is 0 Å². The minimum atomic E-state index is -0.0205. The summed E-state index contributed by atoms with van der Waals surface area (Å²) in [6.07, 6.45) is 8.16. The molecule has 1 amide bonds. The number of amides is 1. The number of nitrogens with one attached hydrogen (secondary N) is 2. The lowest BCUT2D eigenvalue weighted by Crippen LogP contribution is -2.38. The van der Waals surface area contributed by atoms with Crippen LogP contribution in [0.2, 0.25) is 5.02 Å². The number of nitrogen functional groups attached to an aromatic ring is 1. The van der Waals surface area contributed by atoms with Gasteiger partial charge < -0.3 is 25.8 Å². The second-order valence-corrected chi connectivity index (χ2v) is 9.82. The van der Waals surface area contributed by atoms with Gasteiger partial charge in [0.25, 0.3) is 5.91 Å². The average Bonchev–Trinajstić information content (AvgIpc) is 3.24. The van der Waals surface area contributed by atoms with Crippen LogP contribution in [0.1, 0.15) is 47.5 Å². The summed E-state index contributed by atoms with van der Waals surface area (Å²) in [5.41, 5.74) is 10.3. The number of rotatable bonds is 4. The Hall–Kier alpha value is -2.77. The van der Waals surface area contributed by atoms with Crippen LogP contribution in [0.4, 0.5) is 11.4 Å². The van der Waals surface area contributed by atoms with Gasteiger partial charge in [0.15, 0.2) is 0 Å². The van der Waals surface area contributed by atoms with Gasteiger partial charge in [0.05, 0.1) is 17.4 Å². The van der Waals surface area contributed by atoms with Crippen LogP contribution in [0.15, 0.2) is 36.7 Å². The molecule has 0 atom stereocenters. The van der Waals surface area contributed by atoms with Crippen LogP contribution in [-0.4, -0.2) is 64.9 Å². The van der Waals surface area contributed by atoms with Crippen LogP contribution in [0, 0.1) is 0 Å². The van der Waals surface area contributed by atoms with Gasteiger partial charge in [0.2, 0.25) is 0 Å². The maximum Gasteiger partial charge on any atom is 0.255 e. The zero-order valence-electron chi connectivity index (χ0n) is 19.0. The van der Waals surface area contributed by atoms with Crippen molar-refractivity contribution in [1.82, 2.24) is 19.8 Å². The lowest BCUT2D eigenvalue weighted by molar-refractivity contribution is 0.0714. The quantitative estimate of drug-likeness (QED) is 0.498. The molecular weight excluding hydrogens is 436 g/mol. The molecule has 2 saturated heterocycles. The van der Waals surface area contributed by atoms with Crippen molar-refractivity contribution in [1.29, 1.82) is 0 Å². The van der Waals surface area contributed by atoms with Crippen LogP contribution in [-0.2, 0) is 0 Å². The zero-order valence-corrected chi connectivity index (χ0v) is 19.7. The lowest BCUT2D eigenvalue weighted by atomic mass is 9.89. The number of benzene rings is 1. The first-order valence-corrected chi connectivity index (χ1v) is 12.1. The third-order valence-electron chi connectivity index (χ3n) is 7.12. The van der Waals surface area contributed by atoms with Crippen LogP contribution in [0.5, 0.6) is 0 Å². The molecule has 0 saturated carbocycles. The van der Waals surface area contributed by atoms with E-state index in [4.69, 9.17) is 17.3 Å². The van der Waals surface area contributed by atoms with Crippen LogP contribution < -0.4 is 11.1 Å². The number of nitrogens with zero attached hydrogens (tertiary/aromatic N) is 3. The first-order valence-electron chi connectivity index (χ1n) is 11.7. The number of carbonyl (C=O) groups excluding carboxylic acids is 1. The number of hydrogen-bond donors (Lipinski definition) is 3. The molecule has 0 bridgehead atoms. The molecule has 2 aromatic heterocycles. The second-order valence-electron chi connectivity index (χ2n) is 9.38. The van der Waals surface area contributed by atoms with E-state index in [1.807, 2.05) is 11.1 Å². The second kappa shape index (κ2) is 9.23. The fraction of sp³-hybridized carbons (Fsp3) is 0.440. The number of aromatic nitrogens is 2. The van der Waals surface area contributed by atoms with Crippen molar-refractivity contribution in [3.63, 3.8) is 0 Å². The van der Waals surface area contributed by atoms with Crippen LogP contribution in [0.25, 0.3) is 11.0 Å². The van der Waals surface area contributed by atoms with Crippen molar-refractivity contribution in [3.8, 4) is 0 Å². The topological polar surface area (TPSA) is 90.3 Å². The lowest BCUT2D eigenvalue weighted by Gasteiger charge is -2.32. The Kier molecular flexibility index (Phi) is 6.17. The highest BCUT2D eigenvalue weighted by atomic mass is 35.5. The van der Waals surface area contributed by atoms with E-state index in [0.29, 0.717) is 41.3 Å². The maximum atomic E-state index is 13.0. The van der Waals surface area contributed by atoms with Crippen LogP contribution in [0.3, 0.4) is 0 Å². The molecule has 1 aromatic carbocycles. The fourth-order valence-electron chi connectivity index (χ4n) is 5.12. The number of likely N-dealkylation sites (tertiary alicyclic amines) is 2. The molecular formula is C25H31ClN6O. The van der Waals surface area contributed by atoms with E-state index in [1.165, 1.54) is 10.9 Å². The van der Waals surface area contributed by atoms with Gasteiger partial charge in [0.1, 0.15) is 5.65 Å². The molecule has 7 nitrogen and oxygen atoms in total. The number of carbonyl (C=O) groups is 1. The summed E-state index contributed by atoms with van der Waals surface area (Å²) >= 11 is 5.98. The highest BCUT2D eigenvalue weighted by Gasteiger charge is 2.27. The molecule has 4 heterocycles. The molecule has 2 aliphatic rings. The summed E-state index contributed by atoms with van der Waals surface area (Å²) in [5.74, 6) is 0.374. The Morgan fingerprint density at radius 3 is 2.64 bits per heavy atom. The SMILES string of the molecule is CN1CCC(Nc2cnc3[nH]cc(C4CCN(C(=O)c5ccc(Cl)cc5N)CC4)c3c2)CC1. The van der Waals surface area contributed by atoms with Crippen molar-refractivity contribution in [3.05, 3.63) is 52.8 Å². The molecule has 0 aliphatic carbocycles. The summed E-state index contributed by atoms with van der Waals surface area (Å²) in [6.45, 7) is 3.67. The normalized spacial score (nSPS) is 18.7. The first-order chi connectivity index (χ1) is 16.0. The highest BCUT2D eigenvalue weighted by Crippen LogP contribution is 2.34. The number of anilines is 2. The number of pyridine rings is 1. The largest absolute Gasteiger partial charge is 0.398 e. The summed E-state index contributed by atoms with van der Waals surface area (Å²) < 4.78 is 0. The van der Waals surface area contributed by atoms with Crippen molar-refractivity contribution < 1.29 is 4.79 Å². The van der Waals surface area contributed by atoms with Crippen molar-refractivity contribution >= 4 is 39.9 Å². The molecule has 5 rings (SSSR count). The monoisotopic (exact) mass is 466 g/mol. The van der Waals surface area contributed by atoms with Gasteiger partial charge in [-0.2, -0.15) is 0 Å². The standard InChI is InChI=1S/C25H31ClN6O/c1-31-8-6-18(7-9-31)30-19-13-21-22(15-29-24(21)28-14-19)16-4-10-32(11-5-16)25(33)20-3-2-17(26)12-23(20)27/h2-3,12-16,18,30H,4-11,27H2,1H3,(H,28,29). The van der Waals surface area contributed by atoms with E-state index in [0.717, 1.165) is 50.1 Å². The van der Waals surface area contributed by atoms with Crippen molar-refractivity contribution in [2.75, 3.05) is 44.3 Å². The third-order valence-corrected chi connectivity index (χ3v) is 7.35. The maximum absolute atomic E-state index is 13.0. The first kappa shape index (κ1) is 22.0. The number of H-pyrrole nitrogens is 1. The van der Waals surface area contributed by atoms with Gasteiger partial charge in [0, 0.05) is 41.4 Å². The van der Waals surface area contributed by atoms with Gasteiger partial charge in [-0.1, -0.05) is 11.6 Å². The summed E-state index contributed by atoms with van der Waals surface area (Å²) in [7, 11) is 2.18. The van der Waals surface area contributed by atoms with E-state index in [-0.39, 0.29) is 5.91 Å². The summed E-state index contributed by atoms with van der Waals surface area (Å²) in [5, 5.41) is 5.41. The number of fused-ring (bicyclic) bond motifs is 1. The van der Waals surface area contributed by atoms with Crippen molar-refractivity contribution in [2.24, 2.45) is 0 Å². The number of halogens is 1. The smallest absolute Gasteiger partial charge is 0.255 e. The van der Waals surface area contributed by atoms with Gasteiger partial charge >= 0.3 is 0 Å². The average molecular weight is 467 g/mol. The molecule has 0 unspecified atom stereocenters. The molecule has 33 heavy (non-hydrogen) atoms. The van der Waals surface area contributed by atoms with Gasteiger partial charge in [-0.05, 0) is 81.6 Å². The predicted octanol–water partition coefficient (Wildman–Crippen LogP) is 4.32. The molecule has 0 spiro atoms. The number of hydrogen-bond acceptors (Lipinski definition) is 5. The number of aromatic amines is 1. The van der Waals surface area contributed by atoms with Crippen LogP contribution >= 0.6 is 11.6 Å². The predicted molar refractivity (Wildman–Crippen MR) is 134 cm³/mol. The molecule has 0 radical (unpaired) electrons. The van der Waals surface area contributed by atoms with E-state index in [9.17, 15) is 4.79 Å². The number of nitrogens with two attached hydrogens (primary N) is 1. The van der Waals surface area contributed by atoms with Gasteiger partial charge in [-0.25, -0.2) is 4.98 Å². The van der Waals surface area contributed by atoms with E-state index < -0.39 is 0 Å². The Balaban J connectivity index is 1.27. The third kappa shape index (κ3) is 4.66. The Labute approximate surface area is 199 Å².